The van der Waals surface area contributed by atoms with Gasteiger partial charge in [0.05, 0.1) is 12.3 Å². The number of alkyl halides is 2. The lowest BCUT2D eigenvalue weighted by atomic mass is 9.92. The number of pyridine rings is 1. The number of hydrogen-bond donors (Lipinski definition) is 1. The van der Waals surface area contributed by atoms with Crippen LogP contribution in [0.5, 0.6) is 0 Å². The molecule has 1 N–H and O–H groups in total. The van der Waals surface area contributed by atoms with E-state index in [-0.39, 0.29) is 18.9 Å². The topological polar surface area (TPSA) is 47.1 Å². The maximum absolute atomic E-state index is 13.2. The first kappa shape index (κ1) is 15.4. The Hall–Kier alpha value is -2.49. The molecule has 23 heavy (non-hydrogen) atoms. The molecule has 0 atom stereocenters. The zero-order chi connectivity index (χ0) is 16.4. The molecule has 7 heteroatoms. The molecule has 0 spiro atoms. The summed E-state index contributed by atoms with van der Waals surface area (Å²) in [4.78, 5) is 7.90. The molecule has 1 aliphatic carbocycles. The average Bonchev–Trinajstić information content (AvgIpc) is 2.96. The van der Waals surface area contributed by atoms with E-state index < -0.39 is 5.92 Å². The number of nitrogens with one attached hydrogen (secondary N) is 1. The highest BCUT2D eigenvalue weighted by Crippen LogP contribution is 2.34. The molecule has 0 bridgehead atoms. The van der Waals surface area contributed by atoms with Crippen molar-refractivity contribution in [3.8, 4) is 5.82 Å². The summed E-state index contributed by atoms with van der Waals surface area (Å²) in [7, 11) is 0. The van der Waals surface area contributed by atoms with E-state index in [0.717, 1.165) is 5.69 Å². The van der Waals surface area contributed by atoms with Gasteiger partial charge in [-0.2, -0.15) is 5.10 Å². The predicted octanol–water partition coefficient (Wildman–Crippen LogP) is 4.12. The summed E-state index contributed by atoms with van der Waals surface area (Å²) in [6, 6.07) is 5.09. The highest BCUT2D eigenvalue weighted by atomic mass is 19.3. The number of aryl methyl sites for hydroxylation is 1. The van der Waals surface area contributed by atoms with Gasteiger partial charge in [-0.25, -0.2) is 23.3 Å². The van der Waals surface area contributed by atoms with Crippen LogP contribution in [0, 0.1) is 13.5 Å². The Morgan fingerprint density at radius 1 is 1.35 bits per heavy atom. The summed E-state index contributed by atoms with van der Waals surface area (Å²) in [5.74, 6) is -1.49. The lowest BCUT2D eigenvalue weighted by molar-refractivity contribution is -0.0361. The zero-order valence-corrected chi connectivity index (χ0v) is 12.8. The molecule has 0 aliphatic heterocycles. The van der Waals surface area contributed by atoms with Crippen molar-refractivity contribution in [2.24, 2.45) is 0 Å². The first-order valence-electron chi connectivity index (χ1n) is 7.52. The largest absolute Gasteiger partial charge is 0.368 e. The van der Waals surface area contributed by atoms with Crippen LogP contribution < -0.4 is 5.32 Å². The van der Waals surface area contributed by atoms with Gasteiger partial charge in [0.25, 0.3) is 0 Å². The van der Waals surface area contributed by atoms with Gasteiger partial charge in [-0.15, -0.1) is 0 Å². The molecule has 2 aromatic heterocycles. The van der Waals surface area contributed by atoms with Gasteiger partial charge in [-0.3, -0.25) is 0 Å². The lowest BCUT2D eigenvalue weighted by Crippen LogP contribution is -2.32. The summed E-state index contributed by atoms with van der Waals surface area (Å²) in [5.41, 5.74) is 1.29. The Bertz CT molecular complexity index is 737. The number of halogens is 2. The molecule has 0 aromatic carbocycles. The SMILES string of the molecule is [C-]#[N+]c1cc(NC2CCC(F)(F)CC2)nc(-n2ccc(C)n2)c1. The van der Waals surface area contributed by atoms with Gasteiger partial charge >= 0.3 is 0 Å². The summed E-state index contributed by atoms with van der Waals surface area (Å²) in [5, 5.41) is 7.47. The normalized spacial score (nSPS) is 17.7. The van der Waals surface area contributed by atoms with Crippen molar-refractivity contribution in [1.82, 2.24) is 14.8 Å². The molecule has 2 heterocycles. The third kappa shape index (κ3) is 3.65. The molecular weight excluding hydrogens is 300 g/mol. The Morgan fingerprint density at radius 2 is 2.09 bits per heavy atom. The summed E-state index contributed by atoms with van der Waals surface area (Å²) in [6.07, 6.45) is 2.34. The second-order valence-electron chi connectivity index (χ2n) is 5.86. The monoisotopic (exact) mass is 317 g/mol. The maximum atomic E-state index is 13.2. The Balaban J connectivity index is 1.81. The fourth-order valence-electron chi connectivity index (χ4n) is 2.69. The molecule has 0 saturated heterocycles. The minimum Gasteiger partial charge on any atom is -0.368 e. The standard InChI is InChI=1S/C16H17F2N5/c1-11-5-8-23(22-11)15-10-13(19-2)9-14(21-15)20-12-3-6-16(17,18)7-4-12/h5,8-10,12H,3-4,6-7H2,1H3,(H,20,21). The van der Waals surface area contributed by atoms with E-state index in [1.807, 2.05) is 13.0 Å². The van der Waals surface area contributed by atoms with Gasteiger partial charge in [0.2, 0.25) is 5.92 Å². The van der Waals surface area contributed by atoms with Crippen molar-refractivity contribution in [3.63, 3.8) is 0 Å². The Kier molecular flexibility index (Phi) is 3.99. The molecule has 2 aromatic rings. The summed E-state index contributed by atoms with van der Waals surface area (Å²) < 4.78 is 28.1. The average molecular weight is 317 g/mol. The predicted molar refractivity (Wildman–Crippen MR) is 83.2 cm³/mol. The zero-order valence-electron chi connectivity index (χ0n) is 12.8. The van der Waals surface area contributed by atoms with E-state index in [9.17, 15) is 8.78 Å². The number of hydrogen-bond acceptors (Lipinski definition) is 3. The second kappa shape index (κ2) is 5.95. The van der Waals surface area contributed by atoms with Gasteiger partial charge in [0, 0.05) is 25.1 Å². The molecule has 1 fully saturated rings. The molecular formula is C16H17F2N5. The van der Waals surface area contributed by atoms with Crippen molar-refractivity contribution < 1.29 is 8.78 Å². The van der Waals surface area contributed by atoms with Gasteiger partial charge in [0.1, 0.15) is 11.6 Å². The van der Waals surface area contributed by atoms with Crippen molar-refractivity contribution in [2.75, 3.05) is 5.32 Å². The molecule has 0 amide bonds. The van der Waals surface area contributed by atoms with Crippen LogP contribution in [-0.4, -0.2) is 26.7 Å². The molecule has 1 saturated carbocycles. The highest BCUT2D eigenvalue weighted by molar-refractivity contribution is 5.57. The van der Waals surface area contributed by atoms with Crippen LogP contribution in [0.1, 0.15) is 31.4 Å². The number of nitrogens with zero attached hydrogens (tertiary/aromatic N) is 4. The summed E-state index contributed by atoms with van der Waals surface area (Å²) >= 11 is 0. The molecule has 0 radical (unpaired) electrons. The molecule has 0 unspecified atom stereocenters. The van der Waals surface area contributed by atoms with E-state index in [2.05, 4.69) is 20.2 Å². The van der Waals surface area contributed by atoms with E-state index in [0.29, 0.717) is 30.2 Å². The van der Waals surface area contributed by atoms with E-state index in [1.54, 1.807) is 23.0 Å². The summed E-state index contributed by atoms with van der Waals surface area (Å²) in [6.45, 7) is 9.09. The first-order chi connectivity index (χ1) is 10.9. The quantitative estimate of drug-likeness (QED) is 0.866. The van der Waals surface area contributed by atoms with Crippen LogP contribution >= 0.6 is 0 Å². The smallest absolute Gasteiger partial charge is 0.248 e. The Labute approximate surface area is 133 Å². The van der Waals surface area contributed by atoms with Crippen molar-refractivity contribution in [2.45, 2.75) is 44.6 Å². The number of rotatable bonds is 3. The minimum atomic E-state index is -2.55. The highest BCUT2D eigenvalue weighted by Gasteiger charge is 2.34. The van der Waals surface area contributed by atoms with Crippen LogP contribution in [0.2, 0.25) is 0 Å². The number of aromatic nitrogens is 3. The third-order valence-electron chi connectivity index (χ3n) is 3.95. The molecule has 120 valence electrons. The van der Waals surface area contributed by atoms with Crippen LogP contribution in [0.15, 0.2) is 24.4 Å². The molecule has 5 nitrogen and oxygen atoms in total. The van der Waals surface area contributed by atoms with E-state index in [1.165, 1.54) is 0 Å². The number of anilines is 1. The van der Waals surface area contributed by atoms with Gasteiger partial charge in [-0.05, 0) is 38.0 Å². The van der Waals surface area contributed by atoms with Gasteiger partial charge in [-0.1, -0.05) is 0 Å². The molecule has 1 aliphatic rings. The van der Waals surface area contributed by atoms with E-state index in [4.69, 9.17) is 6.57 Å². The minimum absolute atomic E-state index is 0.0460. The van der Waals surface area contributed by atoms with Gasteiger partial charge < -0.3 is 5.32 Å². The first-order valence-corrected chi connectivity index (χ1v) is 7.52. The van der Waals surface area contributed by atoms with Crippen LogP contribution in [0.25, 0.3) is 10.7 Å². The second-order valence-corrected chi connectivity index (χ2v) is 5.86. The fraction of sp³-hybridized carbons (Fsp3) is 0.438. The van der Waals surface area contributed by atoms with Crippen molar-refractivity contribution >= 4 is 11.5 Å². The van der Waals surface area contributed by atoms with Crippen molar-refractivity contribution in [1.29, 1.82) is 0 Å². The Morgan fingerprint density at radius 3 is 2.70 bits per heavy atom. The molecule has 3 rings (SSSR count). The van der Waals surface area contributed by atoms with Crippen LogP contribution in [0.3, 0.4) is 0 Å². The maximum Gasteiger partial charge on any atom is 0.248 e. The third-order valence-corrected chi connectivity index (χ3v) is 3.95. The van der Waals surface area contributed by atoms with E-state index >= 15 is 0 Å². The van der Waals surface area contributed by atoms with Crippen molar-refractivity contribution in [3.05, 3.63) is 41.5 Å². The van der Waals surface area contributed by atoms with Gasteiger partial charge in [0.15, 0.2) is 5.69 Å². The van der Waals surface area contributed by atoms with Crippen LogP contribution in [-0.2, 0) is 0 Å². The fourth-order valence-corrected chi connectivity index (χ4v) is 2.69. The van der Waals surface area contributed by atoms with Crippen LogP contribution in [0.4, 0.5) is 20.3 Å². The lowest BCUT2D eigenvalue weighted by Gasteiger charge is -2.29.